The van der Waals surface area contributed by atoms with Gasteiger partial charge in [0, 0.05) is 0 Å². The Morgan fingerprint density at radius 3 is 1.36 bits per heavy atom. The molecule has 3 aromatic rings. The third-order valence-electron chi connectivity index (χ3n) is 3.53. The first-order chi connectivity index (χ1) is 10.7. The normalized spacial score (nSPS) is 10.7. The Labute approximate surface area is 127 Å². The van der Waals surface area contributed by atoms with Crippen molar-refractivity contribution in [2.45, 2.75) is 6.61 Å². The Morgan fingerprint density at radius 2 is 1.00 bits per heavy atom. The molecule has 0 aliphatic heterocycles. The van der Waals surface area contributed by atoms with Crippen molar-refractivity contribution in [3.63, 3.8) is 0 Å². The zero-order chi connectivity index (χ0) is 15.5. The maximum Gasteiger partial charge on any atom is 0.123 e. The lowest BCUT2D eigenvalue weighted by Gasteiger charge is -2.09. The molecule has 1 N–H and O–H groups in total. The van der Waals surface area contributed by atoms with Crippen LogP contribution in [0.1, 0.15) is 5.56 Å². The summed E-state index contributed by atoms with van der Waals surface area (Å²) >= 11 is 0. The molecule has 110 valence electrons. The summed E-state index contributed by atoms with van der Waals surface area (Å²) in [6.45, 7) is -0.0940. The predicted octanol–water partition coefficient (Wildman–Crippen LogP) is 4.79. The molecular formula is C19H14F2O. The van der Waals surface area contributed by atoms with Crippen molar-refractivity contribution in [1.82, 2.24) is 0 Å². The van der Waals surface area contributed by atoms with Gasteiger partial charge in [-0.15, -0.1) is 0 Å². The van der Waals surface area contributed by atoms with Crippen LogP contribution in [0.2, 0.25) is 0 Å². The first-order valence-corrected chi connectivity index (χ1v) is 6.92. The van der Waals surface area contributed by atoms with Crippen LogP contribution in [-0.4, -0.2) is 5.11 Å². The standard InChI is InChI=1S/C19H14F2O/c20-18-5-1-14(2-6-18)16-9-13(12-22)10-17(11-16)15-3-7-19(21)8-4-15/h1-11,22H,12H2. The zero-order valence-corrected chi connectivity index (χ0v) is 11.8. The number of aliphatic hydroxyl groups is 1. The van der Waals surface area contributed by atoms with Gasteiger partial charge < -0.3 is 5.11 Å². The highest BCUT2D eigenvalue weighted by Gasteiger charge is 2.06. The van der Waals surface area contributed by atoms with Crippen molar-refractivity contribution in [2.75, 3.05) is 0 Å². The van der Waals surface area contributed by atoms with Crippen LogP contribution in [0.3, 0.4) is 0 Å². The number of halogens is 2. The highest BCUT2D eigenvalue weighted by Crippen LogP contribution is 2.28. The first-order valence-electron chi connectivity index (χ1n) is 6.92. The molecule has 0 aromatic heterocycles. The Morgan fingerprint density at radius 1 is 0.591 bits per heavy atom. The molecule has 3 rings (SSSR count). The molecule has 0 fully saturated rings. The van der Waals surface area contributed by atoms with E-state index >= 15 is 0 Å². The lowest BCUT2D eigenvalue weighted by atomic mass is 9.96. The van der Waals surface area contributed by atoms with Gasteiger partial charge in [0.2, 0.25) is 0 Å². The van der Waals surface area contributed by atoms with Gasteiger partial charge in [-0.1, -0.05) is 24.3 Å². The quantitative estimate of drug-likeness (QED) is 0.736. The average Bonchev–Trinajstić information content (AvgIpc) is 2.55. The number of hydrogen-bond acceptors (Lipinski definition) is 1. The second-order valence-electron chi connectivity index (χ2n) is 5.09. The van der Waals surface area contributed by atoms with Crippen molar-refractivity contribution >= 4 is 0 Å². The zero-order valence-electron chi connectivity index (χ0n) is 11.8. The second kappa shape index (κ2) is 6.08. The molecule has 22 heavy (non-hydrogen) atoms. The molecule has 0 atom stereocenters. The maximum absolute atomic E-state index is 13.1. The molecule has 0 unspecified atom stereocenters. The van der Waals surface area contributed by atoms with Crippen LogP contribution in [-0.2, 0) is 6.61 Å². The highest BCUT2D eigenvalue weighted by molar-refractivity contribution is 5.74. The third kappa shape index (κ3) is 3.05. The minimum atomic E-state index is -0.291. The fourth-order valence-corrected chi connectivity index (χ4v) is 2.40. The molecule has 3 heteroatoms. The predicted molar refractivity (Wildman–Crippen MR) is 83.2 cm³/mol. The van der Waals surface area contributed by atoms with Crippen LogP contribution in [0.4, 0.5) is 8.78 Å². The Hall–Kier alpha value is -2.52. The molecule has 0 saturated carbocycles. The van der Waals surface area contributed by atoms with E-state index in [1.165, 1.54) is 24.3 Å². The maximum atomic E-state index is 13.1. The second-order valence-corrected chi connectivity index (χ2v) is 5.09. The Kier molecular flexibility index (Phi) is 3.98. The summed E-state index contributed by atoms with van der Waals surface area (Å²) in [6.07, 6.45) is 0. The largest absolute Gasteiger partial charge is 0.392 e. The molecule has 3 aromatic carbocycles. The van der Waals surface area contributed by atoms with Gasteiger partial charge in [0.1, 0.15) is 11.6 Å². The lowest BCUT2D eigenvalue weighted by Crippen LogP contribution is -1.89. The molecule has 0 aliphatic carbocycles. The van der Waals surface area contributed by atoms with E-state index in [1.807, 2.05) is 18.2 Å². The molecule has 0 bridgehead atoms. The Balaban J connectivity index is 2.10. The smallest absolute Gasteiger partial charge is 0.123 e. The van der Waals surface area contributed by atoms with E-state index < -0.39 is 0 Å². The van der Waals surface area contributed by atoms with Crippen LogP contribution in [0.5, 0.6) is 0 Å². The number of aliphatic hydroxyl groups excluding tert-OH is 1. The summed E-state index contributed by atoms with van der Waals surface area (Å²) in [5.41, 5.74) is 4.23. The van der Waals surface area contributed by atoms with E-state index in [1.54, 1.807) is 24.3 Å². The number of hydrogen-bond donors (Lipinski definition) is 1. The van der Waals surface area contributed by atoms with E-state index in [0.717, 1.165) is 27.8 Å². The van der Waals surface area contributed by atoms with Gasteiger partial charge in [-0.05, 0) is 70.3 Å². The van der Waals surface area contributed by atoms with Gasteiger partial charge in [0.05, 0.1) is 6.61 Å². The summed E-state index contributed by atoms with van der Waals surface area (Å²) in [4.78, 5) is 0. The molecular weight excluding hydrogens is 282 g/mol. The van der Waals surface area contributed by atoms with E-state index in [4.69, 9.17) is 0 Å². The van der Waals surface area contributed by atoms with Crippen LogP contribution < -0.4 is 0 Å². The minimum Gasteiger partial charge on any atom is -0.392 e. The summed E-state index contributed by atoms with van der Waals surface area (Å²) in [5, 5.41) is 9.45. The average molecular weight is 296 g/mol. The van der Waals surface area contributed by atoms with Crippen LogP contribution in [0.15, 0.2) is 66.7 Å². The summed E-state index contributed by atoms with van der Waals surface area (Å²) in [7, 11) is 0. The number of rotatable bonds is 3. The molecule has 0 spiro atoms. The lowest BCUT2D eigenvalue weighted by molar-refractivity contribution is 0.282. The van der Waals surface area contributed by atoms with Gasteiger partial charge >= 0.3 is 0 Å². The van der Waals surface area contributed by atoms with E-state index in [9.17, 15) is 13.9 Å². The molecule has 0 amide bonds. The fraction of sp³-hybridized carbons (Fsp3) is 0.0526. The van der Waals surface area contributed by atoms with Gasteiger partial charge in [0.25, 0.3) is 0 Å². The van der Waals surface area contributed by atoms with E-state index in [-0.39, 0.29) is 18.2 Å². The fourth-order valence-electron chi connectivity index (χ4n) is 2.40. The molecule has 0 aliphatic rings. The molecule has 0 heterocycles. The summed E-state index contributed by atoms with van der Waals surface area (Å²) in [5.74, 6) is -0.582. The van der Waals surface area contributed by atoms with Crippen LogP contribution in [0, 0.1) is 11.6 Å². The van der Waals surface area contributed by atoms with Gasteiger partial charge in [-0.25, -0.2) is 8.78 Å². The van der Waals surface area contributed by atoms with Gasteiger partial charge in [0.15, 0.2) is 0 Å². The highest BCUT2D eigenvalue weighted by atomic mass is 19.1. The van der Waals surface area contributed by atoms with Crippen LogP contribution >= 0.6 is 0 Å². The van der Waals surface area contributed by atoms with Gasteiger partial charge in [-0.3, -0.25) is 0 Å². The minimum absolute atomic E-state index is 0.0940. The molecule has 0 saturated heterocycles. The molecule has 1 nitrogen and oxygen atoms in total. The number of benzene rings is 3. The van der Waals surface area contributed by atoms with Crippen molar-refractivity contribution in [3.05, 3.63) is 83.9 Å². The third-order valence-corrected chi connectivity index (χ3v) is 3.53. The SMILES string of the molecule is OCc1cc(-c2ccc(F)cc2)cc(-c2ccc(F)cc2)c1. The Bertz CT molecular complexity index is 714. The van der Waals surface area contributed by atoms with Gasteiger partial charge in [-0.2, -0.15) is 0 Å². The first kappa shape index (κ1) is 14.4. The topological polar surface area (TPSA) is 20.2 Å². The van der Waals surface area contributed by atoms with Crippen LogP contribution in [0.25, 0.3) is 22.3 Å². The van der Waals surface area contributed by atoms with E-state index in [2.05, 4.69) is 0 Å². The van der Waals surface area contributed by atoms with Crippen molar-refractivity contribution in [2.24, 2.45) is 0 Å². The summed E-state index contributed by atoms with van der Waals surface area (Å²) < 4.78 is 26.1. The van der Waals surface area contributed by atoms with Crippen molar-refractivity contribution in [3.8, 4) is 22.3 Å². The monoisotopic (exact) mass is 296 g/mol. The van der Waals surface area contributed by atoms with E-state index in [0.29, 0.717) is 0 Å². The summed E-state index contributed by atoms with van der Waals surface area (Å²) in [6, 6.07) is 18.1. The molecule has 0 radical (unpaired) electrons. The van der Waals surface area contributed by atoms with Crippen molar-refractivity contribution in [1.29, 1.82) is 0 Å². The van der Waals surface area contributed by atoms with Crippen molar-refractivity contribution < 1.29 is 13.9 Å².